The molecule has 0 heterocycles. The largest absolute Gasteiger partial charge is 0.481 e. The van der Waals surface area contributed by atoms with Crippen molar-refractivity contribution in [3.8, 4) is 0 Å². The van der Waals surface area contributed by atoms with E-state index in [1.54, 1.807) is 0 Å². The zero-order valence-corrected chi connectivity index (χ0v) is 20.3. The predicted octanol–water partition coefficient (Wildman–Crippen LogP) is 6.24. The summed E-state index contributed by atoms with van der Waals surface area (Å²) in [4.78, 5) is 30.0. The predicted molar refractivity (Wildman–Crippen MR) is 129 cm³/mol. The number of hydrogen-bond donors (Lipinski definition) is 3. The van der Waals surface area contributed by atoms with E-state index < -0.39 is 17.9 Å². The Morgan fingerprint density at radius 3 is 0.871 bits per heavy atom. The van der Waals surface area contributed by atoms with E-state index in [0.29, 0.717) is 19.3 Å². The van der Waals surface area contributed by atoms with Gasteiger partial charge in [-0.05, 0) is 57.8 Å². The average Bonchev–Trinajstić information content (AvgIpc) is 2.68. The first-order chi connectivity index (χ1) is 14.3. The second-order valence-corrected chi connectivity index (χ2v) is 6.85. The number of carboxylic acid groups (broad SMARTS) is 3. The molecule has 0 aliphatic rings. The Morgan fingerprint density at radius 2 is 0.710 bits per heavy atom. The molecular formula is C24H42AlO6. The van der Waals surface area contributed by atoms with Gasteiger partial charge in [-0.3, -0.25) is 14.4 Å². The minimum Gasteiger partial charge on any atom is -0.481 e. The molecule has 0 aromatic rings. The number of rotatable bonds is 18. The Morgan fingerprint density at radius 1 is 0.484 bits per heavy atom. The molecule has 0 aromatic heterocycles. The van der Waals surface area contributed by atoms with Crippen LogP contribution < -0.4 is 0 Å². The lowest BCUT2D eigenvalue weighted by atomic mass is 10.1. The van der Waals surface area contributed by atoms with Gasteiger partial charge in [0.25, 0.3) is 0 Å². The molecule has 0 rings (SSSR count). The van der Waals surface area contributed by atoms with Crippen LogP contribution in [0.1, 0.15) is 96.3 Å². The first kappa shape index (κ1) is 36.5. The van der Waals surface area contributed by atoms with E-state index >= 15 is 0 Å². The van der Waals surface area contributed by atoms with Gasteiger partial charge in [0, 0.05) is 36.6 Å². The number of allylic oxidation sites excluding steroid dienone is 3. The molecule has 0 aliphatic heterocycles. The fourth-order valence-electron chi connectivity index (χ4n) is 2.23. The Labute approximate surface area is 199 Å². The van der Waals surface area contributed by atoms with Crippen molar-refractivity contribution in [1.29, 1.82) is 0 Å². The fourth-order valence-corrected chi connectivity index (χ4v) is 2.23. The van der Waals surface area contributed by atoms with Gasteiger partial charge in [-0.25, -0.2) is 0 Å². The number of carbonyl (C=O) groups is 3. The molecule has 177 valence electrons. The van der Waals surface area contributed by atoms with E-state index in [1.807, 2.05) is 18.2 Å². The molecule has 3 radical (unpaired) electrons. The van der Waals surface area contributed by atoms with Crippen molar-refractivity contribution >= 4 is 35.3 Å². The van der Waals surface area contributed by atoms with Crippen molar-refractivity contribution in [2.75, 3.05) is 0 Å². The highest BCUT2D eigenvalue weighted by Gasteiger charge is 1.95. The van der Waals surface area contributed by atoms with Crippen molar-refractivity contribution < 1.29 is 29.7 Å². The zero-order valence-electron chi connectivity index (χ0n) is 19.1. The number of carboxylic acids is 3. The van der Waals surface area contributed by atoms with Gasteiger partial charge in [0.05, 0.1) is 0 Å². The minimum atomic E-state index is -0.696. The molecule has 0 atom stereocenters. The summed E-state index contributed by atoms with van der Waals surface area (Å²) >= 11 is 0. The third-order valence-electron chi connectivity index (χ3n) is 3.90. The monoisotopic (exact) mass is 453 g/mol. The van der Waals surface area contributed by atoms with Crippen molar-refractivity contribution in [3.63, 3.8) is 0 Å². The van der Waals surface area contributed by atoms with E-state index in [1.165, 1.54) is 0 Å². The van der Waals surface area contributed by atoms with Crippen LogP contribution in [0.4, 0.5) is 0 Å². The summed E-state index contributed by atoms with van der Waals surface area (Å²) in [6.07, 6.45) is 18.1. The lowest BCUT2D eigenvalue weighted by Crippen LogP contribution is -1.93. The van der Waals surface area contributed by atoms with Crippen molar-refractivity contribution in [2.45, 2.75) is 96.3 Å². The van der Waals surface area contributed by atoms with Crippen LogP contribution in [0.5, 0.6) is 0 Å². The standard InChI is InChI=1S/3C8H14O2.Al/c3*1-2-3-4-5-6-7-8(9)10;/h3*2H,1,3-7H2,(H,9,10);. The summed E-state index contributed by atoms with van der Waals surface area (Å²) in [6.45, 7) is 10.7. The fraction of sp³-hybridized carbons (Fsp3) is 0.625. The quantitative estimate of drug-likeness (QED) is 0.129. The van der Waals surface area contributed by atoms with Gasteiger partial charge in [-0.1, -0.05) is 37.5 Å². The number of unbranched alkanes of at least 4 members (excludes halogenated alkanes) is 9. The molecule has 0 saturated heterocycles. The van der Waals surface area contributed by atoms with Crippen molar-refractivity contribution in [1.82, 2.24) is 0 Å². The molecule has 0 bridgehead atoms. The Kier molecular flexibility index (Phi) is 38.7. The minimum absolute atomic E-state index is 0. The third kappa shape index (κ3) is 52.5. The highest BCUT2D eigenvalue weighted by molar-refractivity contribution is 5.75. The van der Waals surface area contributed by atoms with E-state index in [-0.39, 0.29) is 17.4 Å². The maximum absolute atomic E-state index is 10.0. The summed E-state index contributed by atoms with van der Waals surface area (Å²) in [5, 5.41) is 24.7. The van der Waals surface area contributed by atoms with Gasteiger partial charge < -0.3 is 15.3 Å². The van der Waals surface area contributed by atoms with E-state index in [0.717, 1.165) is 77.0 Å². The molecule has 0 aliphatic carbocycles. The molecule has 0 amide bonds. The highest BCUT2D eigenvalue weighted by atomic mass is 27.0. The second-order valence-electron chi connectivity index (χ2n) is 6.85. The molecule has 0 aromatic carbocycles. The molecule has 7 heteroatoms. The van der Waals surface area contributed by atoms with Crippen LogP contribution in [0.25, 0.3) is 0 Å². The van der Waals surface area contributed by atoms with Gasteiger partial charge in [-0.2, -0.15) is 0 Å². The molecule has 0 fully saturated rings. The van der Waals surface area contributed by atoms with Crippen molar-refractivity contribution in [2.24, 2.45) is 0 Å². The lowest BCUT2D eigenvalue weighted by molar-refractivity contribution is -0.138. The van der Waals surface area contributed by atoms with Crippen LogP contribution in [0.2, 0.25) is 0 Å². The molecule has 0 spiro atoms. The number of aliphatic carboxylic acids is 3. The van der Waals surface area contributed by atoms with Crippen LogP contribution >= 0.6 is 0 Å². The smallest absolute Gasteiger partial charge is 0.303 e. The van der Waals surface area contributed by atoms with Crippen LogP contribution in [0.3, 0.4) is 0 Å². The van der Waals surface area contributed by atoms with Gasteiger partial charge in [0.1, 0.15) is 0 Å². The summed E-state index contributed by atoms with van der Waals surface area (Å²) in [7, 11) is 0. The normalized spacial score (nSPS) is 8.90. The Balaban J connectivity index is -0.000000174. The molecule has 0 unspecified atom stereocenters. The van der Waals surface area contributed by atoms with Gasteiger partial charge in [0.15, 0.2) is 0 Å². The first-order valence-corrected chi connectivity index (χ1v) is 10.8. The SMILES string of the molecule is C=CCCCCCC(=O)O.C=CCCCCCC(=O)O.C=CCCCCCC(=O)O.[Al]. The molecular weight excluding hydrogens is 411 g/mol. The van der Waals surface area contributed by atoms with Crippen LogP contribution in [-0.4, -0.2) is 50.6 Å². The highest BCUT2D eigenvalue weighted by Crippen LogP contribution is 2.03. The van der Waals surface area contributed by atoms with Gasteiger partial charge in [-0.15, -0.1) is 19.7 Å². The Hall–Kier alpha value is -1.84. The van der Waals surface area contributed by atoms with E-state index in [9.17, 15) is 14.4 Å². The summed E-state index contributed by atoms with van der Waals surface area (Å²) in [6, 6.07) is 0. The lowest BCUT2D eigenvalue weighted by Gasteiger charge is -1.93. The maximum atomic E-state index is 10.0. The van der Waals surface area contributed by atoms with Gasteiger partial charge >= 0.3 is 17.9 Å². The molecule has 0 saturated carbocycles. The Bertz CT molecular complexity index is 396. The van der Waals surface area contributed by atoms with E-state index in [2.05, 4.69) is 19.7 Å². The molecule has 31 heavy (non-hydrogen) atoms. The second kappa shape index (κ2) is 32.8. The zero-order chi connectivity index (χ0) is 23.5. The van der Waals surface area contributed by atoms with Crippen LogP contribution in [-0.2, 0) is 14.4 Å². The first-order valence-electron chi connectivity index (χ1n) is 10.8. The van der Waals surface area contributed by atoms with Gasteiger partial charge in [0.2, 0.25) is 0 Å². The summed E-state index contributed by atoms with van der Waals surface area (Å²) in [5.41, 5.74) is 0. The molecule has 6 nitrogen and oxygen atoms in total. The third-order valence-corrected chi connectivity index (χ3v) is 3.90. The maximum Gasteiger partial charge on any atom is 0.303 e. The number of hydrogen-bond acceptors (Lipinski definition) is 3. The van der Waals surface area contributed by atoms with Crippen molar-refractivity contribution in [3.05, 3.63) is 38.0 Å². The van der Waals surface area contributed by atoms with Crippen LogP contribution in [0.15, 0.2) is 38.0 Å². The topological polar surface area (TPSA) is 112 Å². The van der Waals surface area contributed by atoms with E-state index in [4.69, 9.17) is 15.3 Å². The summed E-state index contributed by atoms with van der Waals surface area (Å²) < 4.78 is 0. The summed E-state index contributed by atoms with van der Waals surface area (Å²) in [5.74, 6) is -2.09. The molecule has 3 N–H and O–H groups in total. The average molecular weight is 454 g/mol. The van der Waals surface area contributed by atoms with Crippen LogP contribution in [0, 0.1) is 0 Å².